The van der Waals surface area contributed by atoms with E-state index in [0.29, 0.717) is 0 Å². The van der Waals surface area contributed by atoms with Crippen molar-refractivity contribution in [2.24, 2.45) is 0 Å². The van der Waals surface area contributed by atoms with E-state index >= 15 is 0 Å². The van der Waals surface area contributed by atoms with Crippen molar-refractivity contribution < 1.29 is 4.79 Å². The summed E-state index contributed by atoms with van der Waals surface area (Å²) in [6.45, 7) is 7.19. The van der Waals surface area contributed by atoms with Crippen LogP contribution < -0.4 is 5.32 Å². The summed E-state index contributed by atoms with van der Waals surface area (Å²) in [6, 6.07) is -0.155. The van der Waals surface area contributed by atoms with Crippen molar-refractivity contribution in [3.63, 3.8) is 0 Å². The third-order valence-corrected chi connectivity index (χ3v) is 4.39. The highest BCUT2D eigenvalue weighted by Gasteiger charge is 2.29. The van der Waals surface area contributed by atoms with E-state index in [4.69, 9.17) is 0 Å². The number of nitrogens with zero attached hydrogens (tertiary/aromatic N) is 4. The van der Waals surface area contributed by atoms with E-state index in [1.807, 2.05) is 13.2 Å². The van der Waals surface area contributed by atoms with Gasteiger partial charge in [-0.1, -0.05) is 32.1 Å². The number of amides is 1. The molecule has 1 fully saturated rings. The normalized spacial score (nSPS) is 20.1. The molecular weight excluding hydrogens is 274 g/mol. The standard InChI is InChI=1S/C13H19N5OS/c1-13(2,3)9-7-18-12(15-9)20-11(16-18)14-8-5-6-17(4)10(8)19/h7-8H,5-6H2,1-4H3,(H,14,16). The molecule has 0 bridgehead atoms. The Hall–Kier alpha value is -1.63. The quantitative estimate of drug-likeness (QED) is 0.916. The lowest BCUT2D eigenvalue weighted by atomic mass is 9.93. The van der Waals surface area contributed by atoms with Gasteiger partial charge in [0.25, 0.3) is 0 Å². The van der Waals surface area contributed by atoms with E-state index in [0.717, 1.165) is 28.8 Å². The van der Waals surface area contributed by atoms with Gasteiger partial charge in [-0.05, 0) is 6.42 Å². The Bertz CT molecular complexity index is 622. The Kier molecular flexibility index (Phi) is 2.97. The van der Waals surface area contributed by atoms with Gasteiger partial charge >= 0.3 is 0 Å². The van der Waals surface area contributed by atoms with Crippen LogP contribution in [0.1, 0.15) is 32.9 Å². The second-order valence-electron chi connectivity index (χ2n) is 6.26. The second kappa shape index (κ2) is 4.44. The molecule has 1 saturated heterocycles. The fourth-order valence-corrected chi connectivity index (χ4v) is 3.06. The molecule has 2 aromatic rings. The number of rotatable bonds is 2. The minimum Gasteiger partial charge on any atom is -0.348 e. The molecule has 6 nitrogen and oxygen atoms in total. The maximum Gasteiger partial charge on any atom is 0.244 e. The van der Waals surface area contributed by atoms with E-state index in [1.54, 1.807) is 9.42 Å². The van der Waals surface area contributed by atoms with Gasteiger partial charge < -0.3 is 10.2 Å². The van der Waals surface area contributed by atoms with E-state index < -0.39 is 0 Å². The summed E-state index contributed by atoms with van der Waals surface area (Å²) < 4.78 is 1.79. The highest BCUT2D eigenvalue weighted by Crippen LogP contribution is 2.26. The Morgan fingerprint density at radius 1 is 1.45 bits per heavy atom. The van der Waals surface area contributed by atoms with E-state index in [-0.39, 0.29) is 17.4 Å². The average Bonchev–Trinajstić information content (AvgIpc) is 2.97. The maximum absolute atomic E-state index is 11.9. The van der Waals surface area contributed by atoms with Crippen LogP contribution >= 0.6 is 11.3 Å². The number of carbonyl (C=O) groups is 1. The minimum atomic E-state index is -0.155. The summed E-state index contributed by atoms with van der Waals surface area (Å²) >= 11 is 1.48. The molecule has 20 heavy (non-hydrogen) atoms. The van der Waals surface area contributed by atoms with Gasteiger partial charge in [-0.3, -0.25) is 4.79 Å². The number of likely N-dealkylation sites (N-methyl/N-ethyl adjacent to an activating group) is 1. The molecule has 108 valence electrons. The molecule has 0 saturated carbocycles. The van der Waals surface area contributed by atoms with E-state index in [2.05, 4.69) is 36.2 Å². The number of hydrogen-bond donors (Lipinski definition) is 1. The van der Waals surface area contributed by atoms with Crippen molar-refractivity contribution >= 4 is 27.3 Å². The van der Waals surface area contributed by atoms with Crippen LogP contribution in [0.2, 0.25) is 0 Å². The Labute approximate surface area is 121 Å². The van der Waals surface area contributed by atoms with Gasteiger partial charge in [0.1, 0.15) is 6.04 Å². The molecule has 7 heteroatoms. The van der Waals surface area contributed by atoms with Crippen LogP contribution in [0.15, 0.2) is 6.20 Å². The predicted octanol–water partition coefficient (Wildman–Crippen LogP) is 1.73. The van der Waals surface area contributed by atoms with Crippen LogP contribution in [0.3, 0.4) is 0 Å². The highest BCUT2D eigenvalue weighted by molar-refractivity contribution is 7.20. The summed E-state index contributed by atoms with van der Waals surface area (Å²) in [4.78, 5) is 19.1. The van der Waals surface area contributed by atoms with Gasteiger partial charge in [0.2, 0.25) is 16.0 Å². The van der Waals surface area contributed by atoms with Gasteiger partial charge in [0.15, 0.2) is 0 Å². The van der Waals surface area contributed by atoms with Crippen molar-refractivity contribution in [2.75, 3.05) is 18.9 Å². The number of aromatic nitrogens is 3. The summed E-state index contributed by atoms with van der Waals surface area (Å²) in [5, 5.41) is 8.42. The third-order valence-electron chi connectivity index (χ3n) is 3.54. The fourth-order valence-electron chi connectivity index (χ4n) is 2.23. The van der Waals surface area contributed by atoms with Crippen LogP contribution in [0.4, 0.5) is 5.13 Å². The van der Waals surface area contributed by atoms with E-state index in [9.17, 15) is 4.79 Å². The number of fused-ring (bicyclic) bond motifs is 1. The van der Waals surface area contributed by atoms with Crippen molar-refractivity contribution in [3.8, 4) is 0 Å². The zero-order valence-corrected chi connectivity index (χ0v) is 13.0. The van der Waals surface area contributed by atoms with Gasteiger partial charge in [-0.25, -0.2) is 9.50 Å². The largest absolute Gasteiger partial charge is 0.348 e. The average molecular weight is 293 g/mol. The summed E-state index contributed by atoms with van der Waals surface area (Å²) in [5.74, 6) is 0.133. The first kappa shape index (κ1) is 13.4. The molecule has 1 unspecified atom stereocenters. The molecule has 0 spiro atoms. The van der Waals surface area contributed by atoms with Crippen LogP contribution in [-0.2, 0) is 10.2 Å². The first-order chi connectivity index (χ1) is 9.34. The van der Waals surface area contributed by atoms with Gasteiger partial charge in [-0.2, -0.15) is 0 Å². The Balaban J connectivity index is 1.80. The molecule has 0 aliphatic carbocycles. The van der Waals surface area contributed by atoms with Gasteiger partial charge in [-0.15, -0.1) is 5.10 Å². The molecule has 3 heterocycles. The molecule has 0 radical (unpaired) electrons. The predicted molar refractivity (Wildman–Crippen MR) is 79.2 cm³/mol. The zero-order chi connectivity index (χ0) is 14.5. The Morgan fingerprint density at radius 2 is 2.20 bits per heavy atom. The summed E-state index contributed by atoms with van der Waals surface area (Å²) in [5.41, 5.74) is 1.05. The lowest BCUT2D eigenvalue weighted by Gasteiger charge is -2.13. The molecule has 3 rings (SSSR count). The third kappa shape index (κ3) is 2.26. The Morgan fingerprint density at radius 3 is 2.75 bits per heavy atom. The monoisotopic (exact) mass is 293 g/mol. The first-order valence-corrected chi connectivity index (χ1v) is 7.54. The van der Waals surface area contributed by atoms with Crippen LogP contribution in [-0.4, -0.2) is 45.0 Å². The lowest BCUT2D eigenvalue weighted by Crippen LogP contribution is -2.30. The maximum atomic E-state index is 11.9. The topological polar surface area (TPSA) is 62.5 Å². The molecule has 1 N–H and O–H groups in total. The molecule has 1 amide bonds. The number of likely N-dealkylation sites (tertiary alicyclic amines) is 1. The van der Waals surface area contributed by atoms with E-state index in [1.165, 1.54) is 11.3 Å². The van der Waals surface area contributed by atoms with Crippen LogP contribution in [0.5, 0.6) is 0 Å². The highest BCUT2D eigenvalue weighted by atomic mass is 32.1. The van der Waals surface area contributed by atoms with Crippen LogP contribution in [0, 0.1) is 0 Å². The molecular formula is C13H19N5OS. The van der Waals surface area contributed by atoms with Crippen molar-refractivity contribution in [1.82, 2.24) is 19.5 Å². The SMILES string of the molecule is CN1CCC(Nc2nn3cc(C(C)(C)C)nc3s2)C1=O. The molecule has 1 aliphatic rings. The van der Waals surface area contributed by atoms with Crippen molar-refractivity contribution in [3.05, 3.63) is 11.9 Å². The van der Waals surface area contributed by atoms with Crippen molar-refractivity contribution in [1.29, 1.82) is 0 Å². The minimum absolute atomic E-state index is 0.0190. The zero-order valence-electron chi connectivity index (χ0n) is 12.2. The lowest BCUT2D eigenvalue weighted by molar-refractivity contribution is -0.127. The van der Waals surface area contributed by atoms with Gasteiger partial charge in [0, 0.05) is 19.0 Å². The second-order valence-corrected chi connectivity index (χ2v) is 7.21. The summed E-state index contributed by atoms with van der Waals surface area (Å²) in [7, 11) is 1.83. The number of hydrogen-bond acceptors (Lipinski definition) is 5. The fraction of sp³-hybridized carbons (Fsp3) is 0.615. The van der Waals surface area contributed by atoms with Crippen LogP contribution in [0.25, 0.3) is 4.96 Å². The number of anilines is 1. The first-order valence-electron chi connectivity index (χ1n) is 6.73. The number of nitrogens with one attached hydrogen (secondary N) is 1. The van der Waals surface area contributed by atoms with Gasteiger partial charge in [0.05, 0.1) is 11.9 Å². The number of carbonyl (C=O) groups excluding carboxylic acids is 1. The van der Waals surface area contributed by atoms with Crippen molar-refractivity contribution in [2.45, 2.75) is 38.6 Å². The molecule has 0 aromatic carbocycles. The molecule has 2 aromatic heterocycles. The smallest absolute Gasteiger partial charge is 0.244 e. The molecule has 1 aliphatic heterocycles. The summed E-state index contributed by atoms with van der Waals surface area (Å²) in [6.07, 6.45) is 2.78. The molecule has 1 atom stereocenters. The number of imidazole rings is 1.